The Morgan fingerprint density at radius 1 is 1.21 bits per heavy atom. The van der Waals surface area contributed by atoms with Crippen LogP contribution in [0.3, 0.4) is 0 Å². The molecule has 4 rings (SSSR count). The number of pyridine rings is 1. The molecule has 0 unspecified atom stereocenters. The van der Waals surface area contributed by atoms with Crippen molar-refractivity contribution in [1.82, 2.24) is 24.3 Å². The van der Waals surface area contributed by atoms with Crippen molar-refractivity contribution in [3.8, 4) is 0 Å². The number of alkyl halides is 3. The van der Waals surface area contributed by atoms with E-state index in [-0.39, 0.29) is 29.4 Å². The molecule has 1 atom stereocenters. The van der Waals surface area contributed by atoms with Gasteiger partial charge in [0.1, 0.15) is 0 Å². The minimum absolute atomic E-state index is 0.0126. The number of carbonyl (C=O) groups is 2. The number of nitrogens with zero attached hydrogens (tertiary/aromatic N) is 5. The largest absolute Gasteiger partial charge is 0.418 e. The van der Waals surface area contributed by atoms with Gasteiger partial charge in [0.2, 0.25) is 11.9 Å². The summed E-state index contributed by atoms with van der Waals surface area (Å²) in [4.78, 5) is 38.1. The number of benzene rings is 1. The van der Waals surface area contributed by atoms with Gasteiger partial charge < -0.3 is 14.4 Å². The van der Waals surface area contributed by atoms with Gasteiger partial charge in [-0.05, 0) is 64.5 Å². The molecule has 8 nitrogen and oxygen atoms in total. The van der Waals surface area contributed by atoms with E-state index in [0.717, 1.165) is 12.5 Å². The van der Waals surface area contributed by atoms with Gasteiger partial charge in [-0.25, -0.2) is 4.98 Å². The number of imidazole rings is 1. The minimum Gasteiger partial charge on any atom is -0.337 e. The first-order chi connectivity index (χ1) is 18.0. The quantitative estimate of drug-likeness (QED) is 0.470. The molecule has 0 bridgehead atoms. The van der Waals surface area contributed by atoms with Crippen molar-refractivity contribution < 1.29 is 22.8 Å². The lowest BCUT2D eigenvalue weighted by Crippen LogP contribution is -2.35. The van der Waals surface area contributed by atoms with Gasteiger partial charge in [0.25, 0.3) is 5.91 Å². The Labute approximate surface area is 219 Å². The van der Waals surface area contributed by atoms with Crippen LogP contribution >= 0.6 is 0 Å². The monoisotopic (exact) mass is 528 g/mol. The van der Waals surface area contributed by atoms with Gasteiger partial charge in [0, 0.05) is 43.2 Å². The van der Waals surface area contributed by atoms with E-state index in [2.05, 4.69) is 15.3 Å². The van der Waals surface area contributed by atoms with Crippen molar-refractivity contribution in [2.24, 2.45) is 0 Å². The summed E-state index contributed by atoms with van der Waals surface area (Å²) >= 11 is 0. The molecular weight excluding hydrogens is 497 g/mol. The van der Waals surface area contributed by atoms with E-state index >= 15 is 0 Å². The molecule has 1 fully saturated rings. The number of likely N-dealkylation sites (tertiary alicyclic amines) is 1. The predicted molar refractivity (Wildman–Crippen MR) is 139 cm³/mol. The van der Waals surface area contributed by atoms with Crippen molar-refractivity contribution in [2.45, 2.75) is 38.4 Å². The highest BCUT2D eigenvalue weighted by atomic mass is 19.4. The lowest BCUT2D eigenvalue weighted by atomic mass is 10.1. The third kappa shape index (κ3) is 6.21. The van der Waals surface area contributed by atoms with Crippen LogP contribution in [0.1, 0.15) is 46.9 Å². The van der Waals surface area contributed by atoms with Crippen LogP contribution < -0.4 is 5.32 Å². The van der Waals surface area contributed by atoms with Crippen LogP contribution in [0.5, 0.6) is 0 Å². The molecule has 1 N–H and O–H groups in total. The van der Waals surface area contributed by atoms with E-state index < -0.39 is 23.7 Å². The first kappa shape index (κ1) is 27.3. The number of para-hydroxylation sites is 1. The SMILES string of the molecule is Cc1cc(C(=O)Nc2nc3cccc(C(F)(F)F)c3n2[C@@H]2CCCCN(C(=O)C=CCN(C)C)C2)ccn1. The first-order valence-electron chi connectivity index (χ1n) is 12.5. The van der Waals surface area contributed by atoms with E-state index in [1.165, 1.54) is 35.0 Å². The summed E-state index contributed by atoms with van der Waals surface area (Å²) in [6.45, 7) is 3.03. The summed E-state index contributed by atoms with van der Waals surface area (Å²) in [6.07, 6.45) is 2.09. The highest BCUT2D eigenvalue weighted by Crippen LogP contribution is 2.39. The maximum atomic E-state index is 14.1. The molecule has 0 spiro atoms. The summed E-state index contributed by atoms with van der Waals surface area (Å²) in [5.41, 5.74) is 0.120. The third-order valence-electron chi connectivity index (χ3n) is 6.45. The van der Waals surface area contributed by atoms with Crippen molar-refractivity contribution in [3.05, 3.63) is 65.5 Å². The Morgan fingerprint density at radius 2 is 2.00 bits per heavy atom. The summed E-state index contributed by atoms with van der Waals surface area (Å²) in [7, 11) is 3.78. The fourth-order valence-corrected chi connectivity index (χ4v) is 4.68. The van der Waals surface area contributed by atoms with Crippen LogP contribution in [0, 0.1) is 6.92 Å². The first-order valence-corrected chi connectivity index (χ1v) is 12.5. The molecule has 2 aromatic heterocycles. The Kier molecular flexibility index (Phi) is 8.15. The van der Waals surface area contributed by atoms with Gasteiger partial charge >= 0.3 is 6.18 Å². The normalized spacial score (nSPS) is 16.8. The second kappa shape index (κ2) is 11.3. The zero-order valence-electron chi connectivity index (χ0n) is 21.6. The number of aryl methyl sites for hydroxylation is 1. The number of nitrogens with one attached hydrogen (secondary N) is 1. The smallest absolute Gasteiger partial charge is 0.337 e. The number of carbonyl (C=O) groups excluding carboxylic acids is 2. The highest BCUT2D eigenvalue weighted by Gasteiger charge is 2.36. The molecule has 202 valence electrons. The summed E-state index contributed by atoms with van der Waals surface area (Å²) in [6, 6.07) is 6.42. The van der Waals surface area contributed by atoms with Gasteiger partial charge in [-0.2, -0.15) is 13.2 Å². The zero-order valence-corrected chi connectivity index (χ0v) is 21.6. The Hall–Kier alpha value is -3.73. The number of rotatable bonds is 6. The van der Waals surface area contributed by atoms with Crippen LogP contribution in [0.4, 0.5) is 19.1 Å². The molecule has 0 saturated carbocycles. The number of fused-ring (bicyclic) bond motifs is 1. The van der Waals surface area contributed by atoms with Crippen molar-refractivity contribution >= 4 is 28.8 Å². The Morgan fingerprint density at radius 3 is 2.71 bits per heavy atom. The molecule has 38 heavy (non-hydrogen) atoms. The molecular formula is C27H31F3N6O2. The van der Waals surface area contributed by atoms with Gasteiger partial charge in [-0.1, -0.05) is 12.1 Å². The molecule has 1 aromatic carbocycles. The maximum absolute atomic E-state index is 14.1. The summed E-state index contributed by atoms with van der Waals surface area (Å²) < 4.78 is 43.8. The summed E-state index contributed by atoms with van der Waals surface area (Å²) in [5, 5.41) is 2.73. The number of likely N-dealkylation sites (N-methyl/N-ethyl adjacent to an activating group) is 1. The fraction of sp³-hybridized carbons (Fsp3) is 0.407. The second-order valence-corrected chi connectivity index (χ2v) is 9.71. The van der Waals surface area contributed by atoms with Crippen molar-refractivity contribution in [3.63, 3.8) is 0 Å². The number of aromatic nitrogens is 3. The maximum Gasteiger partial charge on any atom is 0.418 e. The predicted octanol–water partition coefficient (Wildman–Crippen LogP) is 4.68. The molecule has 2 amide bonds. The Balaban J connectivity index is 1.77. The lowest BCUT2D eigenvalue weighted by Gasteiger charge is -2.27. The number of hydrogen-bond donors (Lipinski definition) is 1. The second-order valence-electron chi connectivity index (χ2n) is 9.71. The summed E-state index contributed by atoms with van der Waals surface area (Å²) in [5.74, 6) is -0.690. The number of halogens is 3. The van der Waals surface area contributed by atoms with E-state index in [0.29, 0.717) is 37.2 Å². The average Bonchev–Trinajstić information content (AvgIpc) is 3.03. The fourth-order valence-electron chi connectivity index (χ4n) is 4.68. The van der Waals surface area contributed by atoms with E-state index in [9.17, 15) is 22.8 Å². The minimum atomic E-state index is -4.63. The molecule has 1 saturated heterocycles. The van der Waals surface area contributed by atoms with Crippen LogP contribution in [-0.2, 0) is 11.0 Å². The van der Waals surface area contributed by atoms with Gasteiger partial charge in [0.15, 0.2) is 0 Å². The van der Waals surface area contributed by atoms with Gasteiger partial charge in [-0.15, -0.1) is 0 Å². The standard InChI is InChI=1S/C27H31F3N6O2/c1-18-16-19(12-13-31-18)25(38)33-26-32-22-10-6-9-21(27(28,29)30)24(22)36(26)20-8-4-5-15-35(17-20)23(37)11-7-14-34(2)3/h6-7,9-13,16,20H,4-5,8,14-15,17H2,1-3H3,(H,32,33,38)/t20-/m1/s1. The van der Waals surface area contributed by atoms with Gasteiger partial charge in [0.05, 0.1) is 22.6 Å². The van der Waals surface area contributed by atoms with Crippen LogP contribution in [0.25, 0.3) is 11.0 Å². The molecule has 0 aliphatic carbocycles. The molecule has 1 aliphatic rings. The van der Waals surface area contributed by atoms with Crippen LogP contribution in [0.15, 0.2) is 48.7 Å². The molecule has 3 aromatic rings. The van der Waals surface area contributed by atoms with E-state index in [1.807, 2.05) is 19.0 Å². The molecule has 3 heterocycles. The highest BCUT2D eigenvalue weighted by molar-refractivity contribution is 6.04. The van der Waals surface area contributed by atoms with Crippen molar-refractivity contribution in [2.75, 3.05) is 39.0 Å². The molecule has 11 heteroatoms. The number of hydrogen-bond acceptors (Lipinski definition) is 5. The van der Waals surface area contributed by atoms with E-state index in [4.69, 9.17) is 0 Å². The number of anilines is 1. The topological polar surface area (TPSA) is 83.4 Å². The third-order valence-corrected chi connectivity index (χ3v) is 6.45. The van der Waals surface area contributed by atoms with E-state index in [1.54, 1.807) is 24.0 Å². The van der Waals surface area contributed by atoms with Crippen LogP contribution in [0.2, 0.25) is 0 Å². The lowest BCUT2D eigenvalue weighted by molar-refractivity contribution is -0.136. The molecule has 0 radical (unpaired) electrons. The molecule has 1 aliphatic heterocycles. The van der Waals surface area contributed by atoms with Crippen molar-refractivity contribution in [1.29, 1.82) is 0 Å². The van der Waals surface area contributed by atoms with Crippen LogP contribution in [-0.4, -0.2) is 69.9 Å². The van der Waals surface area contributed by atoms with Gasteiger partial charge in [-0.3, -0.25) is 19.9 Å². The average molecular weight is 529 g/mol. The Bertz CT molecular complexity index is 1350. The number of amides is 2. The zero-order chi connectivity index (χ0) is 27.4.